The third kappa shape index (κ3) is 3.05. The zero-order valence-corrected chi connectivity index (χ0v) is 14.0. The fourth-order valence-electron chi connectivity index (χ4n) is 3.25. The highest BCUT2D eigenvalue weighted by Gasteiger charge is 2.20. The molecule has 1 amide bonds. The lowest BCUT2D eigenvalue weighted by Crippen LogP contribution is -2.33. The molecule has 1 aromatic carbocycles. The van der Waals surface area contributed by atoms with Crippen LogP contribution in [0.3, 0.4) is 0 Å². The van der Waals surface area contributed by atoms with Crippen molar-refractivity contribution in [2.45, 2.75) is 38.6 Å². The summed E-state index contributed by atoms with van der Waals surface area (Å²) < 4.78 is 0. The van der Waals surface area contributed by atoms with Crippen LogP contribution in [0, 0.1) is 6.92 Å². The first kappa shape index (κ1) is 15.6. The first-order valence-corrected chi connectivity index (χ1v) is 8.50. The largest absolute Gasteiger partial charge is 0.382 e. The molecule has 1 fully saturated rings. The molecule has 0 saturated heterocycles. The number of H-pyrrole nitrogens is 1. The van der Waals surface area contributed by atoms with Crippen molar-refractivity contribution in [2.75, 3.05) is 5.73 Å². The van der Waals surface area contributed by atoms with Crippen molar-refractivity contribution in [3.05, 3.63) is 35.7 Å². The molecule has 4 N–H and O–H groups in total. The maximum atomic E-state index is 12.4. The normalized spacial score (nSPS) is 14.9. The van der Waals surface area contributed by atoms with E-state index >= 15 is 0 Å². The van der Waals surface area contributed by atoms with Crippen LogP contribution >= 0.6 is 0 Å². The van der Waals surface area contributed by atoms with Gasteiger partial charge in [-0.3, -0.25) is 4.79 Å². The van der Waals surface area contributed by atoms with Gasteiger partial charge in [0, 0.05) is 6.04 Å². The van der Waals surface area contributed by atoms with Gasteiger partial charge in [-0.05, 0) is 37.5 Å². The van der Waals surface area contributed by atoms with Crippen LogP contribution in [0.5, 0.6) is 0 Å². The molecular formula is C18H20N6O. The van der Waals surface area contributed by atoms with E-state index in [-0.39, 0.29) is 23.5 Å². The smallest absolute Gasteiger partial charge is 0.271 e. The fraction of sp³-hybridized carbons (Fsp3) is 0.333. The van der Waals surface area contributed by atoms with Crippen LogP contribution in [0.25, 0.3) is 22.6 Å². The van der Waals surface area contributed by atoms with E-state index in [4.69, 9.17) is 5.73 Å². The summed E-state index contributed by atoms with van der Waals surface area (Å²) in [7, 11) is 0. The molecule has 1 aliphatic carbocycles. The number of nitrogens with zero attached hydrogens (tertiary/aromatic N) is 3. The lowest BCUT2D eigenvalue weighted by atomic mass is 10.2. The molecule has 0 spiro atoms. The number of hydrogen-bond acceptors (Lipinski definition) is 5. The molecule has 1 saturated carbocycles. The predicted octanol–water partition coefficient (Wildman–Crippen LogP) is 2.58. The van der Waals surface area contributed by atoms with E-state index in [0.29, 0.717) is 11.5 Å². The number of rotatable bonds is 3. The Kier molecular flexibility index (Phi) is 3.83. The molecule has 4 rings (SSSR count). The van der Waals surface area contributed by atoms with Crippen molar-refractivity contribution in [1.82, 2.24) is 25.3 Å². The Morgan fingerprint density at radius 1 is 1.28 bits per heavy atom. The van der Waals surface area contributed by atoms with Crippen LogP contribution in [0.15, 0.2) is 24.4 Å². The molecule has 0 atom stereocenters. The van der Waals surface area contributed by atoms with Gasteiger partial charge in [-0.2, -0.15) is 0 Å². The zero-order chi connectivity index (χ0) is 17.4. The molecule has 0 radical (unpaired) electrons. The van der Waals surface area contributed by atoms with Crippen molar-refractivity contribution >= 4 is 22.8 Å². The minimum Gasteiger partial charge on any atom is -0.382 e. The van der Waals surface area contributed by atoms with Gasteiger partial charge in [0.25, 0.3) is 5.91 Å². The average Bonchev–Trinajstić information content (AvgIpc) is 3.24. The highest BCUT2D eigenvalue weighted by molar-refractivity contribution is 5.93. The molecule has 3 aromatic rings. The zero-order valence-electron chi connectivity index (χ0n) is 14.0. The van der Waals surface area contributed by atoms with Gasteiger partial charge in [0.05, 0.1) is 17.2 Å². The van der Waals surface area contributed by atoms with Gasteiger partial charge in [0.2, 0.25) is 0 Å². The van der Waals surface area contributed by atoms with Gasteiger partial charge in [-0.15, -0.1) is 0 Å². The second-order valence-electron chi connectivity index (χ2n) is 6.55. The third-order valence-corrected chi connectivity index (χ3v) is 4.59. The molecular weight excluding hydrogens is 316 g/mol. The Labute approximate surface area is 145 Å². The van der Waals surface area contributed by atoms with Gasteiger partial charge in [0.1, 0.15) is 11.4 Å². The number of aryl methyl sites for hydroxylation is 1. The molecule has 0 unspecified atom stereocenters. The number of nitrogen functional groups attached to an aromatic ring is 1. The van der Waals surface area contributed by atoms with Crippen LogP contribution in [0.4, 0.5) is 5.82 Å². The van der Waals surface area contributed by atoms with Crippen LogP contribution in [0.1, 0.15) is 41.7 Å². The second kappa shape index (κ2) is 6.16. The number of anilines is 1. The van der Waals surface area contributed by atoms with Gasteiger partial charge < -0.3 is 16.0 Å². The predicted molar refractivity (Wildman–Crippen MR) is 96.0 cm³/mol. The van der Waals surface area contributed by atoms with Crippen LogP contribution < -0.4 is 11.1 Å². The van der Waals surface area contributed by atoms with Gasteiger partial charge in [0.15, 0.2) is 11.6 Å². The molecule has 0 aliphatic heterocycles. The summed E-state index contributed by atoms with van der Waals surface area (Å²) in [5, 5.41) is 3.01. The van der Waals surface area contributed by atoms with E-state index in [1.54, 1.807) is 0 Å². The number of amides is 1. The number of carbonyl (C=O) groups excluding carboxylic acids is 1. The molecule has 128 valence electrons. The van der Waals surface area contributed by atoms with Crippen molar-refractivity contribution in [1.29, 1.82) is 0 Å². The molecule has 7 heteroatoms. The van der Waals surface area contributed by atoms with Crippen molar-refractivity contribution in [3.8, 4) is 11.5 Å². The van der Waals surface area contributed by atoms with Crippen molar-refractivity contribution in [2.24, 2.45) is 0 Å². The molecule has 1 aliphatic rings. The lowest BCUT2D eigenvalue weighted by molar-refractivity contribution is 0.0932. The highest BCUT2D eigenvalue weighted by atomic mass is 16.1. The first-order valence-electron chi connectivity index (χ1n) is 8.50. The maximum absolute atomic E-state index is 12.4. The fourth-order valence-corrected chi connectivity index (χ4v) is 3.25. The number of nitrogens with one attached hydrogen (secondary N) is 2. The van der Waals surface area contributed by atoms with Crippen LogP contribution in [-0.2, 0) is 0 Å². The van der Waals surface area contributed by atoms with Crippen molar-refractivity contribution < 1.29 is 4.79 Å². The minimum absolute atomic E-state index is 0.215. The lowest BCUT2D eigenvalue weighted by Gasteiger charge is -2.11. The van der Waals surface area contributed by atoms with E-state index in [1.807, 2.05) is 25.1 Å². The molecule has 2 aromatic heterocycles. The Bertz CT molecular complexity index is 942. The Balaban J connectivity index is 1.67. The summed E-state index contributed by atoms with van der Waals surface area (Å²) >= 11 is 0. The maximum Gasteiger partial charge on any atom is 0.271 e. The number of nitrogens with two attached hydrogens (primary N) is 1. The second-order valence-corrected chi connectivity index (χ2v) is 6.55. The van der Waals surface area contributed by atoms with E-state index in [2.05, 4.69) is 25.3 Å². The van der Waals surface area contributed by atoms with Crippen LogP contribution in [0.2, 0.25) is 0 Å². The van der Waals surface area contributed by atoms with E-state index in [1.165, 1.54) is 6.20 Å². The summed E-state index contributed by atoms with van der Waals surface area (Å²) in [6, 6.07) is 6.16. The van der Waals surface area contributed by atoms with E-state index < -0.39 is 0 Å². The highest BCUT2D eigenvalue weighted by Crippen LogP contribution is 2.23. The Hall–Kier alpha value is -2.96. The summed E-state index contributed by atoms with van der Waals surface area (Å²) in [6.07, 6.45) is 5.76. The molecule has 25 heavy (non-hydrogen) atoms. The number of carbonyl (C=O) groups is 1. The van der Waals surface area contributed by atoms with Gasteiger partial charge >= 0.3 is 0 Å². The summed E-state index contributed by atoms with van der Waals surface area (Å²) in [5.41, 5.74) is 9.48. The van der Waals surface area contributed by atoms with Gasteiger partial charge in [-0.1, -0.05) is 18.9 Å². The number of aromatic amines is 1. The van der Waals surface area contributed by atoms with E-state index in [0.717, 1.165) is 42.3 Å². The minimum atomic E-state index is -0.215. The SMILES string of the molecule is Cc1ccc2nc(-c3nc(C(=O)NC4CCCC4)cnc3N)[nH]c2c1. The molecule has 2 heterocycles. The third-order valence-electron chi connectivity index (χ3n) is 4.59. The standard InChI is InChI=1S/C18H20N6O/c1-10-6-7-12-13(8-10)24-17(23-12)15-16(19)20-9-14(22-15)18(25)21-11-4-2-3-5-11/h6-9,11H,2-5H2,1H3,(H2,19,20)(H,21,25)(H,23,24). The summed E-state index contributed by atoms with van der Waals surface area (Å²) in [6.45, 7) is 2.02. The van der Waals surface area contributed by atoms with Crippen LogP contribution in [-0.4, -0.2) is 31.9 Å². The van der Waals surface area contributed by atoms with E-state index in [9.17, 15) is 4.79 Å². The summed E-state index contributed by atoms with van der Waals surface area (Å²) in [5.74, 6) is 0.543. The van der Waals surface area contributed by atoms with Gasteiger partial charge in [-0.25, -0.2) is 15.0 Å². The topological polar surface area (TPSA) is 110 Å². The number of fused-ring (bicyclic) bond motifs is 1. The monoisotopic (exact) mass is 336 g/mol. The number of imidazole rings is 1. The average molecular weight is 336 g/mol. The Morgan fingerprint density at radius 2 is 2.08 bits per heavy atom. The molecule has 0 bridgehead atoms. The number of aromatic nitrogens is 4. The van der Waals surface area contributed by atoms with Crippen molar-refractivity contribution in [3.63, 3.8) is 0 Å². The summed E-state index contributed by atoms with van der Waals surface area (Å²) in [4.78, 5) is 28.7. The number of benzene rings is 1. The first-order chi connectivity index (χ1) is 12.1. The Morgan fingerprint density at radius 3 is 2.88 bits per heavy atom. The molecule has 7 nitrogen and oxygen atoms in total. The quantitative estimate of drug-likeness (QED) is 0.681. The number of hydrogen-bond donors (Lipinski definition) is 3.